The van der Waals surface area contributed by atoms with Crippen molar-refractivity contribution in [3.63, 3.8) is 0 Å². The number of ether oxygens (including phenoxy) is 2. The highest BCUT2D eigenvalue weighted by molar-refractivity contribution is 5.34. The van der Waals surface area contributed by atoms with Crippen molar-refractivity contribution in [2.45, 2.75) is 32.3 Å². The number of aromatic amines is 1. The van der Waals surface area contributed by atoms with Crippen molar-refractivity contribution in [1.82, 2.24) is 9.97 Å². The molecule has 1 saturated heterocycles. The van der Waals surface area contributed by atoms with Gasteiger partial charge in [-0.25, -0.2) is 4.98 Å². The minimum atomic E-state index is -0.104. The molecule has 1 atom stereocenters. The Balaban J connectivity index is 1.70. The van der Waals surface area contributed by atoms with E-state index < -0.39 is 0 Å². The highest BCUT2D eigenvalue weighted by Gasteiger charge is 2.16. The summed E-state index contributed by atoms with van der Waals surface area (Å²) in [5.41, 5.74) is 2.37. The van der Waals surface area contributed by atoms with E-state index in [-0.39, 0.29) is 11.7 Å². The molecule has 0 saturated carbocycles. The molecule has 1 aliphatic heterocycles. The fourth-order valence-corrected chi connectivity index (χ4v) is 2.87. The average molecular weight is 329 g/mol. The Morgan fingerprint density at radius 1 is 1.38 bits per heavy atom. The minimum absolute atomic E-state index is 0.104. The zero-order valence-corrected chi connectivity index (χ0v) is 14.1. The minimum Gasteiger partial charge on any atom is -0.497 e. The lowest BCUT2D eigenvalue weighted by Crippen LogP contribution is -2.24. The molecule has 2 heterocycles. The SMILES string of the molecule is COc1ccc(Cc2c(C)nc(NCC3CCCO3)[nH]c2=O)cc1. The zero-order valence-electron chi connectivity index (χ0n) is 14.1. The normalized spacial score (nSPS) is 17.0. The molecule has 2 N–H and O–H groups in total. The van der Waals surface area contributed by atoms with Crippen molar-refractivity contribution in [2.75, 3.05) is 25.6 Å². The number of nitrogens with one attached hydrogen (secondary N) is 2. The Morgan fingerprint density at radius 2 is 2.17 bits per heavy atom. The van der Waals surface area contributed by atoms with Gasteiger partial charge in [0.05, 0.1) is 18.9 Å². The van der Waals surface area contributed by atoms with Gasteiger partial charge in [-0.1, -0.05) is 12.1 Å². The van der Waals surface area contributed by atoms with Gasteiger partial charge in [-0.15, -0.1) is 0 Å². The predicted molar refractivity (Wildman–Crippen MR) is 92.9 cm³/mol. The number of hydrogen-bond donors (Lipinski definition) is 2. The van der Waals surface area contributed by atoms with Crippen LogP contribution >= 0.6 is 0 Å². The molecule has 128 valence electrons. The molecule has 0 radical (unpaired) electrons. The number of hydrogen-bond acceptors (Lipinski definition) is 5. The number of aryl methyl sites for hydroxylation is 1. The van der Waals surface area contributed by atoms with Gasteiger partial charge in [-0.3, -0.25) is 9.78 Å². The van der Waals surface area contributed by atoms with Gasteiger partial charge >= 0.3 is 0 Å². The summed E-state index contributed by atoms with van der Waals surface area (Å²) in [7, 11) is 1.64. The number of benzene rings is 1. The first-order valence-electron chi connectivity index (χ1n) is 8.24. The predicted octanol–water partition coefficient (Wildman–Crippen LogP) is 2.27. The topological polar surface area (TPSA) is 76.2 Å². The monoisotopic (exact) mass is 329 g/mol. The van der Waals surface area contributed by atoms with E-state index >= 15 is 0 Å². The molecule has 6 heteroatoms. The maximum absolute atomic E-state index is 12.4. The fourth-order valence-electron chi connectivity index (χ4n) is 2.87. The number of methoxy groups -OCH3 is 1. The smallest absolute Gasteiger partial charge is 0.256 e. The van der Waals surface area contributed by atoms with E-state index in [9.17, 15) is 4.79 Å². The van der Waals surface area contributed by atoms with Crippen LogP contribution in [0.25, 0.3) is 0 Å². The van der Waals surface area contributed by atoms with Crippen molar-refractivity contribution >= 4 is 5.95 Å². The van der Waals surface area contributed by atoms with Crippen molar-refractivity contribution in [1.29, 1.82) is 0 Å². The van der Waals surface area contributed by atoms with Crippen LogP contribution in [0.5, 0.6) is 5.75 Å². The molecule has 1 aliphatic rings. The summed E-state index contributed by atoms with van der Waals surface area (Å²) < 4.78 is 10.7. The molecule has 0 aliphatic carbocycles. The molecule has 24 heavy (non-hydrogen) atoms. The third kappa shape index (κ3) is 3.94. The Labute approximate surface area is 141 Å². The number of H-pyrrole nitrogens is 1. The van der Waals surface area contributed by atoms with Crippen LogP contribution in [0.15, 0.2) is 29.1 Å². The van der Waals surface area contributed by atoms with E-state index in [1.54, 1.807) is 7.11 Å². The maximum atomic E-state index is 12.4. The van der Waals surface area contributed by atoms with Crippen LogP contribution in [-0.2, 0) is 11.2 Å². The lowest BCUT2D eigenvalue weighted by molar-refractivity contribution is 0.120. The lowest BCUT2D eigenvalue weighted by atomic mass is 10.1. The van der Waals surface area contributed by atoms with E-state index in [0.29, 0.717) is 24.5 Å². The molecule has 0 bridgehead atoms. The van der Waals surface area contributed by atoms with Gasteiger partial charge in [-0.2, -0.15) is 0 Å². The molecule has 1 unspecified atom stereocenters. The maximum Gasteiger partial charge on any atom is 0.256 e. The first-order chi connectivity index (χ1) is 11.7. The van der Waals surface area contributed by atoms with Crippen LogP contribution < -0.4 is 15.6 Å². The molecule has 0 amide bonds. The van der Waals surface area contributed by atoms with Crippen LogP contribution in [0.2, 0.25) is 0 Å². The van der Waals surface area contributed by atoms with Gasteiger partial charge < -0.3 is 14.8 Å². The van der Waals surface area contributed by atoms with E-state index in [1.807, 2.05) is 31.2 Å². The van der Waals surface area contributed by atoms with E-state index in [0.717, 1.165) is 36.5 Å². The Hall–Kier alpha value is -2.34. The Bertz CT molecular complexity index is 734. The van der Waals surface area contributed by atoms with Crippen molar-refractivity contribution in [3.8, 4) is 5.75 Å². The Kier molecular flexibility index (Phi) is 5.15. The summed E-state index contributed by atoms with van der Waals surface area (Å²) in [6, 6.07) is 7.70. The quantitative estimate of drug-likeness (QED) is 0.850. The van der Waals surface area contributed by atoms with E-state index in [1.165, 1.54) is 0 Å². The summed E-state index contributed by atoms with van der Waals surface area (Å²) >= 11 is 0. The number of anilines is 1. The van der Waals surface area contributed by atoms with Gasteiger partial charge in [0.2, 0.25) is 5.95 Å². The molecule has 2 aromatic rings. The molecule has 0 spiro atoms. The van der Waals surface area contributed by atoms with E-state index in [4.69, 9.17) is 9.47 Å². The van der Waals surface area contributed by atoms with Gasteiger partial charge in [0.1, 0.15) is 5.75 Å². The van der Waals surface area contributed by atoms with Crippen molar-refractivity contribution in [3.05, 3.63) is 51.4 Å². The number of rotatable bonds is 6. The van der Waals surface area contributed by atoms with Gasteiger partial charge in [0.25, 0.3) is 5.56 Å². The standard InChI is InChI=1S/C18H23N3O3/c1-12-16(10-13-5-7-14(23-2)8-6-13)17(22)21-18(20-12)19-11-15-4-3-9-24-15/h5-8,15H,3-4,9-11H2,1-2H3,(H2,19,20,21,22). The first-order valence-corrected chi connectivity index (χ1v) is 8.24. The van der Waals surface area contributed by atoms with Crippen LogP contribution in [0.4, 0.5) is 5.95 Å². The molecule has 1 aromatic carbocycles. The summed E-state index contributed by atoms with van der Waals surface area (Å²) in [5.74, 6) is 1.31. The van der Waals surface area contributed by atoms with E-state index in [2.05, 4.69) is 15.3 Å². The first kappa shape index (κ1) is 16.5. The lowest BCUT2D eigenvalue weighted by Gasteiger charge is -2.12. The third-order valence-electron chi connectivity index (χ3n) is 4.28. The molecule has 3 rings (SSSR count). The summed E-state index contributed by atoms with van der Waals surface area (Å²) in [5, 5.41) is 3.17. The van der Waals surface area contributed by atoms with Gasteiger partial charge in [0.15, 0.2) is 0 Å². The van der Waals surface area contributed by atoms with Crippen LogP contribution in [0.3, 0.4) is 0 Å². The fraction of sp³-hybridized carbons (Fsp3) is 0.444. The zero-order chi connectivity index (χ0) is 16.9. The van der Waals surface area contributed by atoms with Crippen LogP contribution in [-0.4, -0.2) is 36.3 Å². The van der Waals surface area contributed by atoms with Gasteiger partial charge in [0, 0.05) is 25.1 Å². The average Bonchev–Trinajstić information content (AvgIpc) is 3.10. The van der Waals surface area contributed by atoms with Crippen molar-refractivity contribution < 1.29 is 9.47 Å². The molecular formula is C18H23N3O3. The second-order valence-electron chi connectivity index (χ2n) is 6.02. The third-order valence-corrected chi connectivity index (χ3v) is 4.28. The highest BCUT2D eigenvalue weighted by atomic mass is 16.5. The highest BCUT2D eigenvalue weighted by Crippen LogP contribution is 2.15. The molecule has 1 fully saturated rings. The second kappa shape index (κ2) is 7.49. The summed E-state index contributed by atoms with van der Waals surface area (Å²) in [6.45, 7) is 3.35. The summed E-state index contributed by atoms with van der Waals surface area (Å²) in [4.78, 5) is 19.7. The molecule has 1 aromatic heterocycles. The second-order valence-corrected chi connectivity index (χ2v) is 6.02. The number of nitrogens with zero attached hydrogens (tertiary/aromatic N) is 1. The van der Waals surface area contributed by atoms with Gasteiger partial charge in [-0.05, 0) is 37.5 Å². The number of aromatic nitrogens is 2. The molecule has 6 nitrogen and oxygen atoms in total. The van der Waals surface area contributed by atoms with Crippen LogP contribution in [0, 0.1) is 6.92 Å². The molecular weight excluding hydrogens is 306 g/mol. The van der Waals surface area contributed by atoms with Crippen LogP contribution in [0.1, 0.15) is 29.7 Å². The van der Waals surface area contributed by atoms with Crippen molar-refractivity contribution in [2.24, 2.45) is 0 Å². The largest absolute Gasteiger partial charge is 0.497 e. The Morgan fingerprint density at radius 3 is 2.79 bits per heavy atom. The summed E-state index contributed by atoms with van der Waals surface area (Å²) in [6.07, 6.45) is 2.89.